The van der Waals surface area contributed by atoms with E-state index in [1.54, 1.807) is 0 Å². The van der Waals surface area contributed by atoms with Crippen LogP contribution >= 0.6 is 0 Å². The third-order valence-electron chi connectivity index (χ3n) is 5.01. The molecule has 1 amide bonds. The van der Waals surface area contributed by atoms with Crippen molar-refractivity contribution >= 4 is 5.91 Å². The van der Waals surface area contributed by atoms with Crippen LogP contribution < -0.4 is 5.32 Å². The Morgan fingerprint density at radius 3 is 2.60 bits per heavy atom. The minimum atomic E-state index is 0.0410. The molecule has 2 rings (SSSR count). The van der Waals surface area contributed by atoms with Crippen LogP contribution in [-0.4, -0.2) is 49.2 Å². The molecule has 2 aliphatic rings. The highest BCUT2D eigenvalue weighted by molar-refractivity contribution is 5.77. The molecule has 1 aliphatic heterocycles. The first-order valence-corrected chi connectivity index (χ1v) is 8.27. The fourth-order valence-electron chi connectivity index (χ4n) is 3.59. The van der Waals surface area contributed by atoms with E-state index < -0.39 is 0 Å². The minimum absolute atomic E-state index is 0.0410. The van der Waals surface area contributed by atoms with Crippen molar-refractivity contribution in [2.75, 3.05) is 26.7 Å². The first-order chi connectivity index (χ1) is 9.69. The summed E-state index contributed by atoms with van der Waals surface area (Å²) >= 11 is 0. The van der Waals surface area contributed by atoms with Crippen molar-refractivity contribution < 1.29 is 9.53 Å². The van der Waals surface area contributed by atoms with Gasteiger partial charge in [-0.05, 0) is 39.7 Å². The lowest BCUT2D eigenvalue weighted by atomic mass is 9.79. The molecule has 0 radical (unpaired) electrons. The Labute approximate surface area is 123 Å². The molecule has 0 aromatic carbocycles. The molecule has 4 heteroatoms. The number of amides is 1. The standard InChI is InChI=1S/C16H30N2O2/c1-3-18(13-14-8-7-11-20-14)15(19)12-16(17-2)9-5-4-6-10-16/h14,17H,3-13H2,1-2H3. The molecule has 1 N–H and O–H groups in total. The Hall–Kier alpha value is -0.610. The number of ether oxygens (including phenoxy) is 1. The molecule has 20 heavy (non-hydrogen) atoms. The molecule has 1 heterocycles. The Balaban J connectivity index is 1.89. The Morgan fingerprint density at radius 2 is 2.05 bits per heavy atom. The van der Waals surface area contributed by atoms with Gasteiger partial charge in [0.15, 0.2) is 0 Å². The lowest BCUT2D eigenvalue weighted by molar-refractivity contribution is -0.134. The quantitative estimate of drug-likeness (QED) is 0.813. The van der Waals surface area contributed by atoms with E-state index in [0.717, 1.165) is 45.4 Å². The summed E-state index contributed by atoms with van der Waals surface area (Å²) in [4.78, 5) is 14.6. The maximum absolute atomic E-state index is 12.6. The summed E-state index contributed by atoms with van der Waals surface area (Å²) in [5.41, 5.74) is 0.0410. The highest BCUT2D eigenvalue weighted by Crippen LogP contribution is 2.31. The van der Waals surface area contributed by atoms with Crippen LogP contribution in [0.5, 0.6) is 0 Å². The summed E-state index contributed by atoms with van der Waals surface area (Å²) in [6, 6.07) is 0. The molecule has 0 spiro atoms. The van der Waals surface area contributed by atoms with Crippen LogP contribution in [0, 0.1) is 0 Å². The van der Waals surface area contributed by atoms with E-state index in [9.17, 15) is 4.79 Å². The number of hydrogen-bond acceptors (Lipinski definition) is 3. The van der Waals surface area contributed by atoms with Gasteiger partial charge in [0.05, 0.1) is 6.10 Å². The molecule has 1 aliphatic carbocycles. The molecule has 2 fully saturated rings. The summed E-state index contributed by atoms with van der Waals surface area (Å²) < 4.78 is 5.67. The van der Waals surface area contributed by atoms with Crippen LogP contribution in [0.4, 0.5) is 0 Å². The summed E-state index contributed by atoms with van der Waals surface area (Å²) in [7, 11) is 2.01. The van der Waals surface area contributed by atoms with Gasteiger partial charge in [-0.2, -0.15) is 0 Å². The van der Waals surface area contributed by atoms with E-state index in [2.05, 4.69) is 12.2 Å². The van der Waals surface area contributed by atoms with Gasteiger partial charge in [-0.15, -0.1) is 0 Å². The number of carbonyl (C=O) groups excluding carboxylic acids is 1. The molecule has 4 nitrogen and oxygen atoms in total. The van der Waals surface area contributed by atoms with Crippen molar-refractivity contribution in [3.8, 4) is 0 Å². The van der Waals surface area contributed by atoms with Gasteiger partial charge in [-0.1, -0.05) is 19.3 Å². The SMILES string of the molecule is CCN(CC1CCCO1)C(=O)CC1(NC)CCCCC1. The van der Waals surface area contributed by atoms with Gasteiger partial charge >= 0.3 is 0 Å². The van der Waals surface area contributed by atoms with Crippen molar-refractivity contribution in [1.29, 1.82) is 0 Å². The van der Waals surface area contributed by atoms with E-state index in [4.69, 9.17) is 4.74 Å². The molecule has 1 saturated carbocycles. The molecule has 0 bridgehead atoms. The number of hydrogen-bond donors (Lipinski definition) is 1. The number of likely N-dealkylation sites (N-methyl/N-ethyl adjacent to an activating group) is 1. The lowest BCUT2D eigenvalue weighted by Gasteiger charge is -2.38. The van der Waals surface area contributed by atoms with Crippen molar-refractivity contribution in [1.82, 2.24) is 10.2 Å². The zero-order valence-corrected chi connectivity index (χ0v) is 13.1. The molecule has 116 valence electrons. The van der Waals surface area contributed by atoms with Gasteiger partial charge in [-0.3, -0.25) is 4.79 Å². The van der Waals surface area contributed by atoms with Crippen LogP contribution in [-0.2, 0) is 9.53 Å². The number of carbonyl (C=O) groups is 1. The van der Waals surface area contributed by atoms with Crippen LogP contribution in [0.2, 0.25) is 0 Å². The Bertz CT molecular complexity index is 308. The Morgan fingerprint density at radius 1 is 1.30 bits per heavy atom. The molecule has 1 saturated heterocycles. The second kappa shape index (κ2) is 7.41. The highest BCUT2D eigenvalue weighted by Gasteiger charge is 2.34. The normalized spacial score (nSPS) is 25.6. The largest absolute Gasteiger partial charge is 0.376 e. The van der Waals surface area contributed by atoms with E-state index >= 15 is 0 Å². The summed E-state index contributed by atoms with van der Waals surface area (Å²) in [6.45, 7) is 4.49. The third-order valence-corrected chi connectivity index (χ3v) is 5.01. The fraction of sp³-hybridized carbons (Fsp3) is 0.938. The first-order valence-electron chi connectivity index (χ1n) is 8.27. The highest BCUT2D eigenvalue weighted by atomic mass is 16.5. The first kappa shape index (κ1) is 15.8. The van der Waals surface area contributed by atoms with Crippen LogP contribution in [0.1, 0.15) is 58.3 Å². The zero-order valence-electron chi connectivity index (χ0n) is 13.1. The van der Waals surface area contributed by atoms with Crippen LogP contribution in [0.25, 0.3) is 0 Å². The predicted octanol–water partition coefficient (Wildman–Crippen LogP) is 2.33. The average Bonchev–Trinajstić information content (AvgIpc) is 2.98. The van der Waals surface area contributed by atoms with Crippen molar-refractivity contribution in [3.05, 3.63) is 0 Å². The van der Waals surface area contributed by atoms with Crippen LogP contribution in [0.15, 0.2) is 0 Å². The number of nitrogens with zero attached hydrogens (tertiary/aromatic N) is 1. The molecule has 1 unspecified atom stereocenters. The monoisotopic (exact) mass is 282 g/mol. The topological polar surface area (TPSA) is 41.6 Å². The molecule has 0 aromatic heterocycles. The summed E-state index contributed by atoms with van der Waals surface area (Å²) in [5.74, 6) is 0.291. The Kier molecular flexibility index (Phi) is 5.85. The zero-order chi connectivity index (χ0) is 14.4. The van der Waals surface area contributed by atoms with Gasteiger partial charge in [0, 0.05) is 31.7 Å². The number of rotatable bonds is 6. The smallest absolute Gasteiger partial charge is 0.224 e. The maximum Gasteiger partial charge on any atom is 0.224 e. The van der Waals surface area contributed by atoms with E-state index in [-0.39, 0.29) is 11.6 Å². The molecule has 0 aromatic rings. The lowest BCUT2D eigenvalue weighted by Crippen LogP contribution is -2.49. The van der Waals surface area contributed by atoms with Gasteiger partial charge in [0.25, 0.3) is 0 Å². The van der Waals surface area contributed by atoms with Gasteiger partial charge < -0.3 is 15.0 Å². The maximum atomic E-state index is 12.6. The fourth-order valence-corrected chi connectivity index (χ4v) is 3.59. The second-order valence-electron chi connectivity index (χ2n) is 6.34. The molecular formula is C16H30N2O2. The predicted molar refractivity (Wildman–Crippen MR) is 80.7 cm³/mol. The van der Waals surface area contributed by atoms with Crippen molar-refractivity contribution in [2.45, 2.75) is 69.9 Å². The summed E-state index contributed by atoms with van der Waals surface area (Å²) in [5, 5.41) is 3.44. The van der Waals surface area contributed by atoms with E-state index in [1.807, 2.05) is 11.9 Å². The number of nitrogens with one attached hydrogen (secondary N) is 1. The van der Waals surface area contributed by atoms with Crippen molar-refractivity contribution in [2.24, 2.45) is 0 Å². The van der Waals surface area contributed by atoms with Crippen LogP contribution in [0.3, 0.4) is 0 Å². The second-order valence-corrected chi connectivity index (χ2v) is 6.34. The third kappa shape index (κ3) is 3.95. The van der Waals surface area contributed by atoms with Gasteiger partial charge in [-0.25, -0.2) is 0 Å². The average molecular weight is 282 g/mol. The summed E-state index contributed by atoms with van der Waals surface area (Å²) in [6.07, 6.45) is 9.19. The van der Waals surface area contributed by atoms with Gasteiger partial charge in [0.2, 0.25) is 5.91 Å². The van der Waals surface area contributed by atoms with Crippen molar-refractivity contribution in [3.63, 3.8) is 0 Å². The minimum Gasteiger partial charge on any atom is -0.376 e. The molecule has 1 atom stereocenters. The molecular weight excluding hydrogens is 252 g/mol. The van der Waals surface area contributed by atoms with E-state index in [0.29, 0.717) is 12.3 Å². The van der Waals surface area contributed by atoms with E-state index in [1.165, 1.54) is 19.3 Å². The van der Waals surface area contributed by atoms with Gasteiger partial charge in [0.1, 0.15) is 0 Å².